The summed E-state index contributed by atoms with van der Waals surface area (Å²) in [6.07, 6.45) is 0.971. The molecule has 1 N–H and O–H groups in total. The molecule has 1 unspecified atom stereocenters. The van der Waals surface area contributed by atoms with Crippen molar-refractivity contribution in [1.82, 2.24) is 4.98 Å². The SMILES string of the molecule is CC(=O)CC(O)c1ccccn1. The molecule has 1 aromatic rings. The van der Waals surface area contributed by atoms with Crippen LogP contribution in [0.2, 0.25) is 0 Å². The summed E-state index contributed by atoms with van der Waals surface area (Å²) in [5.74, 6) is -0.0341. The second-order valence-electron chi connectivity index (χ2n) is 2.68. The van der Waals surface area contributed by atoms with E-state index in [1.807, 2.05) is 0 Å². The van der Waals surface area contributed by atoms with E-state index in [-0.39, 0.29) is 12.2 Å². The van der Waals surface area contributed by atoms with Gasteiger partial charge in [0.1, 0.15) is 11.9 Å². The highest BCUT2D eigenvalue weighted by Gasteiger charge is 2.09. The van der Waals surface area contributed by atoms with E-state index in [2.05, 4.69) is 4.98 Å². The maximum atomic E-state index is 10.6. The second-order valence-corrected chi connectivity index (χ2v) is 2.68. The highest BCUT2D eigenvalue weighted by Crippen LogP contribution is 2.12. The van der Waals surface area contributed by atoms with Crippen molar-refractivity contribution in [3.8, 4) is 0 Å². The van der Waals surface area contributed by atoms with Gasteiger partial charge in [0.05, 0.1) is 5.69 Å². The second kappa shape index (κ2) is 3.97. The lowest BCUT2D eigenvalue weighted by atomic mass is 10.1. The topological polar surface area (TPSA) is 50.2 Å². The molecule has 0 saturated heterocycles. The Kier molecular flexibility index (Phi) is 2.94. The van der Waals surface area contributed by atoms with Crippen LogP contribution in [0.15, 0.2) is 24.4 Å². The zero-order valence-corrected chi connectivity index (χ0v) is 6.90. The van der Waals surface area contributed by atoms with Crippen LogP contribution in [-0.2, 0) is 4.79 Å². The summed E-state index contributed by atoms with van der Waals surface area (Å²) in [6.45, 7) is 1.45. The molecule has 3 heteroatoms. The Morgan fingerprint density at radius 3 is 2.92 bits per heavy atom. The minimum atomic E-state index is -0.760. The summed E-state index contributed by atoms with van der Waals surface area (Å²) in [5.41, 5.74) is 0.549. The van der Waals surface area contributed by atoms with E-state index >= 15 is 0 Å². The first kappa shape index (κ1) is 8.87. The molecule has 64 valence electrons. The third kappa shape index (κ3) is 2.43. The summed E-state index contributed by atoms with van der Waals surface area (Å²) in [5, 5.41) is 9.41. The Labute approximate surface area is 71.1 Å². The smallest absolute Gasteiger partial charge is 0.132 e. The van der Waals surface area contributed by atoms with Gasteiger partial charge in [0, 0.05) is 12.6 Å². The largest absolute Gasteiger partial charge is 0.386 e. The lowest BCUT2D eigenvalue weighted by Gasteiger charge is -2.06. The maximum absolute atomic E-state index is 10.6. The number of hydrogen-bond donors (Lipinski definition) is 1. The fraction of sp³-hybridized carbons (Fsp3) is 0.333. The molecule has 1 rings (SSSR count). The van der Waals surface area contributed by atoms with E-state index in [4.69, 9.17) is 0 Å². The van der Waals surface area contributed by atoms with Crippen molar-refractivity contribution in [2.24, 2.45) is 0 Å². The molecular formula is C9H11NO2. The van der Waals surface area contributed by atoms with Gasteiger partial charge in [-0.15, -0.1) is 0 Å². The number of carbonyl (C=O) groups is 1. The van der Waals surface area contributed by atoms with Crippen LogP contribution in [0.3, 0.4) is 0 Å². The molecule has 0 fully saturated rings. The fourth-order valence-electron chi connectivity index (χ4n) is 0.950. The highest BCUT2D eigenvalue weighted by molar-refractivity contribution is 5.76. The van der Waals surface area contributed by atoms with Gasteiger partial charge in [0.2, 0.25) is 0 Å². The standard InChI is InChI=1S/C9H11NO2/c1-7(11)6-9(12)8-4-2-3-5-10-8/h2-5,9,12H,6H2,1H3. The molecule has 0 aliphatic rings. The van der Waals surface area contributed by atoms with Crippen LogP contribution in [0.4, 0.5) is 0 Å². The van der Waals surface area contributed by atoms with Gasteiger partial charge >= 0.3 is 0 Å². The van der Waals surface area contributed by atoms with Crippen LogP contribution < -0.4 is 0 Å². The molecule has 0 bridgehead atoms. The van der Waals surface area contributed by atoms with Crippen LogP contribution in [-0.4, -0.2) is 15.9 Å². The molecule has 1 heterocycles. The Morgan fingerprint density at radius 2 is 2.42 bits per heavy atom. The number of ketones is 1. The predicted octanol–water partition coefficient (Wildman–Crippen LogP) is 1.09. The van der Waals surface area contributed by atoms with Gasteiger partial charge in [-0.05, 0) is 19.1 Å². The molecule has 0 aromatic carbocycles. The quantitative estimate of drug-likeness (QED) is 0.729. The minimum Gasteiger partial charge on any atom is -0.386 e. The van der Waals surface area contributed by atoms with Gasteiger partial charge in [-0.25, -0.2) is 0 Å². The zero-order chi connectivity index (χ0) is 8.97. The summed E-state index contributed by atoms with van der Waals surface area (Å²) in [7, 11) is 0. The average molecular weight is 165 g/mol. The first-order chi connectivity index (χ1) is 5.70. The predicted molar refractivity (Wildman–Crippen MR) is 44.5 cm³/mol. The molecule has 0 amide bonds. The lowest BCUT2D eigenvalue weighted by molar-refractivity contribution is -0.118. The van der Waals surface area contributed by atoms with E-state index in [9.17, 15) is 9.90 Å². The fourth-order valence-corrected chi connectivity index (χ4v) is 0.950. The summed E-state index contributed by atoms with van der Waals surface area (Å²) >= 11 is 0. The van der Waals surface area contributed by atoms with Crippen molar-refractivity contribution in [3.05, 3.63) is 30.1 Å². The first-order valence-corrected chi connectivity index (χ1v) is 3.78. The molecule has 0 radical (unpaired) electrons. The van der Waals surface area contributed by atoms with Crippen molar-refractivity contribution in [2.75, 3.05) is 0 Å². The molecule has 0 aliphatic carbocycles. The van der Waals surface area contributed by atoms with Gasteiger partial charge in [-0.2, -0.15) is 0 Å². The van der Waals surface area contributed by atoms with E-state index in [1.165, 1.54) is 6.92 Å². The van der Waals surface area contributed by atoms with Crippen LogP contribution >= 0.6 is 0 Å². The van der Waals surface area contributed by atoms with Crippen LogP contribution in [0.1, 0.15) is 25.1 Å². The molecule has 0 aliphatic heterocycles. The summed E-state index contributed by atoms with van der Waals surface area (Å²) < 4.78 is 0. The van der Waals surface area contributed by atoms with Crippen molar-refractivity contribution in [3.63, 3.8) is 0 Å². The number of rotatable bonds is 3. The Bertz CT molecular complexity index is 258. The Morgan fingerprint density at radius 1 is 1.67 bits per heavy atom. The molecule has 0 saturated carbocycles. The number of aromatic nitrogens is 1. The first-order valence-electron chi connectivity index (χ1n) is 3.78. The number of aliphatic hydroxyl groups is 1. The number of aliphatic hydroxyl groups excluding tert-OH is 1. The third-order valence-electron chi connectivity index (χ3n) is 1.51. The highest BCUT2D eigenvalue weighted by atomic mass is 16.3. The Balaban J connectivity index is 2.65. The monoisotopic (exact) mass is 165 g/mol. The summed E-state index contributed by atoms with van der Waals surface area (Å²) in [4.78, 5) is 14.6. The van der Waals surface area contributed by atoms with E-state index < -0.39 is 6.10 Å². The molecular weight excluding hydrogens is 154 g/mol. The van der Waals surface area contributed by atoms with Gasteiger partial charge < -0.3 is 5.11 Å². The van der Waals surface area contributed by atoms with Crippen molar-refractivity contribution >= 4 is 5.78 Å². The molecule has 3 nitrogen and oxygen atoms in total. The normalized spacial score (nSPS) is 12.5. The molecule has 1 aromatic heterocycles. The number of pyridine rings is 1. The van der Waals surface area contributed by atoms with Crippen molar-refractivity contribution < 1.29 is 9.90 Å². The third-order valence-corrected chi connectivity index (χ3v) is 1.51. The van der Waals surface area contributed by atoms with Gasteiger partial charge in [0.15, 0.2) is 0 Å². The van der Waals surface area contributed by atoms with Crippen LogP contribution in [0, 0.1) is 0 Å². The number of hydrogen-bond acceptors (Lipinski definition) is 3. The Hall–Kier alpha value is -1.22. The summed E-state index contributed by atoms with van der Waals surface area (Å²) in [6, 6.07) is 5.25. The molecule has 12 heavy (non-hydrogen) atoms. The molecule has 0 spiro atoms. The van der Waals surface area contributed by atoms with Crippen LogP contribution in [0.25, 0.3) is 0 Å². The minimum absolute atomic E-state index is 0.0341. The van der Waals surface area contributed by atoms with E-state index in [0.717, 1.165) is 0 Å². The number of Topliss-reactive ketones (excluding diaryl/α,β-unsaturated/α-hetero) is 1. The zero-order valence-electron chi connectivity index (χ0n) is 6.90. The average Bonchev–Trinajstić information content (AvgIpc) is 2.05. The molecule has 1 atom stereocenters. The lowest BCUT2D eigenvalue weighted by Crippen LogP contribution is -2.04. The number of carbonyl (C=O) groups excluding carboxylic acids is 1. The van der Waals surface area contributed by atoms with E-state index in [1.54, 1.807) is 24.4 Å². The maximum Gasteiger partial charge on any atom is 0.132 e. The van der Waals surface area contributed by atoms with Gasteiger partial charge in [-0.3, -0.25) is 9.78 Å². The van der Waals surface area contributed by atoms with Crippen LogP contribution in [0.5, 0.6) is 0 Å². The van der Waals surface area contributed by atoms with E-state index in [0.29, 0.717) is 5.69 Å². The van der Waals surface area contributed by atoms with Crippen molar-refractivity contribution in [1.29, 1.82) is 0 Å². The van der Waals surface area contributed by atoms with Crippen molar-refractivity contribution in [2.45, 2.75) is 19.4 Å². The van der Waals surface area contributed by atoms with Gasteiger partial charge in [0.25, 0.3) is 0 Å². The number of nitrogens with zero attached hydrogens (tertiary/aromatic N) is 1. The van der Waals surface area contributed by atoms with Gasteiger partial charge in [-0.1, -0.05) is 6.07 Å².